The van der Waals surface area contributed by atoms with Crippen LogP contribution in [0, 0.1) is 5.92 Å². The van der Waals surface area contributed by atoms with Crippen molar-refractivity contribution in [3.8, 4) is 0 Å². The van der Waals surface area contributed by atoms with Crippen LogP contribution in [-0.2, 0) is 9.84 Å². The van der Waals surface area contributed by atoms with Gasteiger partial charge in [-0.15, -0.1) is 0 Å². The van der Waals surface area contributed by atoms with E-state index in [1.807, 2.05) is 6.92 Å². The molecule has 1 saturated carbocycles. The minimum Gasteiger partial charge on any atom is -0.325 e. The molecule has 1 rings (SSSR count). The molecule has 3 nitrogen and oxygen atoms in total. The molecular formula is C13H27NO2S. The number of hydrogen-bond acceptors (Lipinski definition) is 3. The second kappa shape index (κ2) is 6.19. The maximum atomic E-state index is 11.7. The van der Waals surface area contributed by atoms with Crippen LogP contribution in [0.1, 0.15) is 58.8 Å². The van der Waals surface area contributed by atoms with E-state index in [0.29, 0.717) is 24.5 Å². The molecular weight excluding hydrogens is 234 g/mol. The lowest BCUT2D eigenvalue weighted by Crippen LogP contribution is -2.45. The molecule has 1 fully saturated rings. The maximum absolute atomic E-state index is 11.7. The topological polar surface area (TPSA) is 60.2 Å². The Hall–Kier alpha value is -0.0900. The zero-order valence-corrected chi connectivity index (χ0v) is 12.1. The molecule has 0 aromatic heterocycles. The molecule has 0 aromatic rings. The Kier molecular flexibility index (Phi) is 5.45. The fourth-order valence-electron chi connectivity index (χ4n) is 2.87. The SMILES string of the molecule is CCCS(=O)(=O)CCC1(N)CCCC(CC)C1. The van der Waals surface area contributed by atoms with Gasteiger partial charge >= 0.3 is 0 Å². The summed E-state index contributed by atoms with van der Waals surface area (Å²) >= 11 is 0. The van der Waals surface area contributed by atoms with Crippen molar-refractivity contribution in [1.82, 2.24) is 0 Å². The fraction of sp³-hybridized carbons (Fsp3) is 1.00. The first-order chi connectivity index (χ1) is 7.91. The quantitative estimate of drug-likeness (QED) is 0.799. The van der Waals surface area contributed by atoms with E-state index in [1.54, 1.807) is 0 Å². The molecule has 0 bridgehead atoms. The molecule has 2 N–H and O–H groups in total. The van der Waals surface area contributed by atoms with Gasteiger partial charge in [-0.05, 0) is 31.6 Å². The van der Waals surface area contributed by atoms with Crippen LogP contribution < -0.4 is 5.73 Å². The summed E-state index contributed by atoms with van der Waals surface area (Å²) in [4.78, 5) is 0. The monoisotopic (exact) mass is 261 g/mol. The first-order valence-corrected chi connectivity index (χ1v) is 8.72. The van der Waals surface area contributed by atoms with Gasteiger partial charge in [-0.2, -0.15) is 0 Å². The highest BCUT2D eigenvalue weighted by atomic mass is 32.2. The third kappa shape index (κ3) is 4.96. The van der Waals surface area contributed by atoms with Gasteiger partial charge in [-0.1, -0.05) is 33.1 Å². The van der Waals surface area contributed by atoms with E-state index in [4.69, 9.17) is 5.73 Å². The van der Waals surface area contributed by atoms with Crippen molar-refractivity contribution in [3.63, 3.8) is 0 Å². The molecule has 0 aliphatic heterocycles. The summed E-state index contributed by atoms with van der Waals surface area (Å²) in [7, 11) is -2.87. The van der Waals surface area contributed by atoms with Gasteiger partial charge in [-0.3, -0.25) is 0 Å². The Morgan fingerprint density at radius 3 is 2.59 bits per heavy atom. The largest absolute Gasteiger partial charge is 0.325 e. The molecule has 0 spiro atoms. The first kappa shape index (κ1) is 15.0. The first-order valence-electron chi connectivity index (χ1n) is 6.90. The summed E-state index contributed by atoms with van der Waals surface area (Å²) in [5.74, 6) is 1.27. The average Bonchev–Trinajstić information content (AvgIpc) is 2.27. The molecule has 0 heterocycles. The molecule has 0 amide bonds. The van der Waals surface area contributed by atoms with Crippen LogP contribution in [-0.4, -0.2) is 25.5 Å². The van der Waals surface area contributed by atoms with Crippen LogP contribution in [0.4, 0.5) is 0 Å². The fourth-order valence-corrected chi connectivity index (χ4v) is 4.41. The van der Waals surface area contributed by atoms with Crippen LogP contribution >= 0.6 is 0 Å². The smallest absolute Gasteiger partial charge is 0.150 e. The van der Waals surface area contributed by atoms with E-state index in [1.165, 1.54) is 12.8 Å². The number of sulfone groups is 1. The number of hydrogen-bond donors (Lipinski definition) is 1. The van der Waals surface area contributed by atoms with Gasteiger partial charge in [0.2, 0.25) is 0 Å². The van der Waals surface area contributed by atoms with Crippen LogP contribution in [0.15, 0.2) is 0 Å². The van der Waals surface area contributed by atoms with Gasteiger partial charge in [0, 0.05) is 11.3 Å². The van der Waals surface area contributed by atoms with E-state index in [2.05, 4.69) is 6.92 Å². The van der Waals surface area contributed by atoms with Crippen molar-refractivity contribution in [2.24, 2.45) is 11.7 Å². The lowest BCUT2D eigenvalue weighted by Gasteiger charge is -2.37. The van der Waals surface area contributed by atoms with Crippen molar-refractivity contribution in [1.29, 1.82) is 0 Å². The van der Waals surface area contributed by atoms with Crippen molar-refractivity contribution >= 4 is 9.84 Å². The molecule has 102 valence electrons. The maximum Gasteiger partial charge on any atom is 0.150 e. The Morgan fingerprint density at radius 1 is 1.29 bits per heavy atom. The molecule has 17 heavy (non-hydrogen) atoms. The predicted octanol–water partition coefficient (Wildman–Crippen LogP) is 2.50. The minimum atomic E-state index is -2.87. The predicted molar refractivity (Wildman–Crippen MR) is 72.7 cm³/mol. The summed E-state index contributed by atoms with van der Waals surface area (Å²) < 4.78 is 23.4. The average molecular weight is 261 g/mol. The van der Waals surface area contributed by atoms with Crippen LogP contribution in [0.3, 0.4) is 0 Å². The second-order valence-electron chi connectivity index (χ2n) is 5.63. The zero-order valence-electron chi connectivity index (χ0n) is 11.2. The molecule has 0 radical (unpaired) electrons. The minimum absolute atomic E-state index is 0.222. The van der Waals surface area contributed by atoms with Gasteiger partial charge in [-0.25, -0.2) is 8.42 Å². The van der Waals surface area contributed by atoms with Crippen molar-refractivity contribution < 1.29 is 8.42 Å². The van der Waals surface area contributed by atoms with E-state index in [0.717, 1.165) is 19.3 Å². The molecule has 0 saturated heterocycles. The third-order valence-electron chi connectivity index (χ3n) is 3.99. The lowest BCUT2D eigenvalue weighted by atomic mass is 9.74. The summed E-state index contributed by atoms with van der Waals surface area (Å²) in [6.07, 6.45) is 6.93. The highest BCUT2D eigenvalue weighted by Crippen LogP contribution is 2.34. The van der Waals surface area contributed by atoms with E-state index >= 15 is 0 Å². The van der Waals surface area contributed by atoms with Crippen molar-refractivity contribution in [3.05, 3.63) is 0 Å². The third-order valence-corrected chi connectivity index (χ3v) is 5.84. The molecule has 1 aliphatic rings. The summed E-state index contributed by atoms with van der Waals surface area (Å²) in [5.41, 5.74) is 6.14. The summed E-state index contributed by atoms with van der Waals surface area (Å²) in [6, 6.07) is 0. The molecule has 1 aliphatic carbocycles. The van der Waals surface area contributed by atoms with E-state index < -0.39 is 9.84 Å². The van der Waals surface area contributed by atoms with Crippen LogP contribution in [0.5, 0.6) is 0 Å². The van der Waals surface area contributed by atoms with E-state index in [-0.39, 0.29) is 11.3 Å². The van der Waals surface area contributed by atoms with Crippen molar-refractivity contribution in [2.75, 3.05) is 11.5 Å². The molecule has 2 unspecified atom stereocenters. The second-order valence-corrected chi connectivity index (χ2v) is 7.94. The molecule has 2 atom stereocenters. The highest BCUT2D eigenvalue weighted by molar-refractivity contribution is 7.91. The van der Waals surface area contributed by atoms with Gasteiger partial charge in [0.05, 0.1) is 5.75 Å². The number of nitrogens with two attached hydrogens (primary N) is 1. The number of rotatable bonds is 6. The normalized spacial score (nSPS) is 30.4. The lowest BCUT2D eigenvalue weighted by molar-refractivity contribution is 0.214. The Labute approximate surface area is 106 Å². The van der Waals surface area contributed by atoms with Crippen LogP contribution in [0.2, 0.25) is 0 Å². The van der Waals surface area contributed by atoms with Crippen molar-refractivity contribution in [2.45, 2.75) is 64.3 Å². The molecule has 4 heteroatoms. The van der Waals surface area contributed by atoms with E-state index in [9.17, 15) is 8.42 Å². The standard InChI is InChI=1S/C13H27NO2S/c1-3-9-17(15,16)10-8-13(14)7-5-6-12(4-2)11-13/h12H,3-11,14H2,1-2H3. The highest BCUT2D eigenvalue weighted by Gasteiger charge is 2.32. The summed E-state index contributed by atoms with van der Waals surface area (Å²) in [5, 5.41) is 0. The summed E-state index contributed by atoms with van der Waals surface area (Å²) in [6.45, 7) is 4.10. The Balaban J connectivity index is 2.49. The van der Waals surface area contributed by atoms with Gasteiger partial charge in [0.25, 0.3) is 0 Å². The van der Waals surface area contributed by atoms with Crippen LogP contribution in [0.25, 0.3) is 0 Å². The van der Waals surface area contributed by atoms with Gasteiger partial charge in [0.15, 0.2) is 0 Å². The van der Waals surface area contributed by atoms with Gasteiger partial charge in [0.1, 0.15) is 9.84 Å². The molecule has 0 aromatic carbocycles. The Morgan fingerprint density at radius 2 is 2.00 bits per heavy atom. The zero-order chi connectivity index (χ0) is 12.9. The Bertz CT molecular complexity index is 326. The van der Waals surface area contributed by atoms with Gasteiger partial charge < -0.3 is 5.73 Å².